The van der Waals surface area contributed by atoms with E-state index in [2.05, 4.69) is 16.2 Å². The van der Waals surface area contributed by atoms with Gasteiger partial charge >= 0.3 is 0 Å². The Labute approximate surface area is 87.6 Å². The lowest BCUT2D eigenvalue weighted by atomic mass is 10.2. The van der Waals surface area contributed by atoms with Crippen LogP contribution >= 0.6 is 11.6 Å². The normalized spacial score (nSPS) is 10.1. The molecule has 0 aliphatic carbocycles. The average molecular weight is 204 g/mol. The Hall–Kier alpha value is -1.41. The molecule has 0 aliphatic heterocycles. The lowest BCUT2D eigenvalue weighted by Gasteiger charge is -1.99. The molecular weight excluding hydrogens is 196 g/mol. The first-order chi connectivity index (χ1) is 6.75. The maximum atomic E-state index is 5.78. The quantitative estimate of drug-likeness (QED) is 0.712. The third kappa shape index (κ3) is 1.91. The lowest BCUT2D eigenvalue weighted by molar-refractivity contribution is 1.11. The molecule has 0 aliphatic rings. The van der Waals surface area contributed by atoms with Crippen LogP contribution in [0.15, 0.2) is 30.5 Å². The van der Waals surface area contributed by atoms with Crippen LogP contribution in [0.3, 0.4) is 0 Å². The molecule has 0 unspecified atom stereocenters. The number of halogens is 1. The number of aromatic nitrogens is 2. The summed E-state index contributed by atoms with van der Waals surface area (Å²) in [4.78, 5) is 8.27. The van der Waals surface area contributed by atoms with E-state index in [1.165, 1.54) is 0 Å². The largest absolute Gasteiger partial charge is 0.257 e. The summed E-state index contributed by atoms with van der Waals surface area (Å²) >= 11 is 5.78. The monoisotopic (exact) mass is 203 g/mol. The van der Waals surface area contributed by atoms with E-state index in [-0.39, 0.29) is 0 Å². The van der Waals surface area contributed by atoms with Gasteiger partial charge in [0.15, 0.2) is 0 Å². The first-order valence-electron chi connectivity index (χ1n) is 4.23. The molecule has 2 rings (SSSR count). The minimum atomic E-state index is 0.720. The van der Waals surface area contributed by atoms with Gasteiger partial charge in [-0.25, -0.2) is 4.98 Å². The lowest BCUT2D eigenvalue weighted by Crippen LogP contribution is -1.87. The predicted molar refractivity (Wildman–Crippen MR) is 56.1 cm³/mol. The summed E-state index contributed by atoms with van der Waals surface area (Å²) in [6, 6.07) is 7.49. The molecule has 1 aromatic carbocycles. The SMILES string of the molecule is Cc1[c]nc(-c2ccc(Cl)cc2)cn1. The van der Waals surface area contributed by atoms with Gasteiger partial charge in [0, 0.05) is 10.6 Å². The smallest absolute Gasteiger partial charge is 0.112 e. The standard InChI is InChI=1S/C11H8ClN2/c1-8-6-14-11(7-13-8)9-2-4-10(12)5-3-9/h2-5,7H,1H3. The van der Waals surface area contributed by atoms with E-state index < -0.39 is 0 Å². The number of rotatable bonds is 1. The van der Waals surface area contributed by atoms with Crippen molar-refractivity contribution in [3.05, 3.63) is 47.4 Å². The molecule has 0 spiro atoms. The van der Waals surface area contributed by atoms with Gasteiger partial charge in [0.2, 0.25) is 0 Å². The highest BCUT2D eigenvalue weighted by molar-refractivity contribution is 6.30. The van der Waals surface area contributed by atoms with Crippen molar-refractivity contribution in [2.45, 2.75) is 6.92 Å². The summed E-state index contributed by atoms with van der Waals surface area (Å²) in [7, 11) is 0. The van der Waals surface area contributed by atoms with Crippen LogP contribution in [-0.2, 0) is 0 Å². The van der Waals surface area contributed by atoms with Crippen molar-refractivity contribution >= 4 is 11.6 Å². The van der Waals surface area contributed by atoms with Gasteiger partial charge in [0.1, 0.15) is 6.20 Å². The molecule has 0 saturated carbocycles. The summed E-state index contributed by atoms with van der Waals surface area (Å²) in [5.41, 5.74) is 2.60. The van der Waals surface area contributed by atoms with Crippen LogP contribution in [0.4, 0.5) is 0 Å². The molecule has 0 saturated heterocycles. The van der Waals surface area contributed by atoms with E-state index in [1.807, 2.05) is 31.2 Å². The Morgan fingerprint density at radius 1 is 1.21 bits per heavy atom. The molecule has 2 nitrogen and oxygen atoms in total. The second-order valence-electron chi connectivity index (χ2n) is 2.96. The maximum Gasteiger partial charge on any atom is 0.112 e. The van der Waals surface area contributed by atoms with E-state index >= 15 is 0 Å². The van der Waals surface area contributed by atoms with E-state index in [1.54, 1.807) is 6.20 Å². The first kappa shape index (κ1) is 9.16. The van der Waals surface area contributed by atoms with Crippen LogP contribution in [0.1, 0.15) is 5.69 Å². The maximum absolute atomic E-state index is 5.78. The summed E-state index contributed by atoms with van der Waals surface area (Å²) in [5.74, 6) is 0. The summed E-state index contributed by atoms with van der Waals surface area (Å²) in [6.45, 7) is 1.86. The second kappa shape index (κ2) is 3.76. The van der Waals surface area contributed by atoms with Crippen LogP contribution in [0.2, 0.25) is 5.02 Å². The minimum Gasteiger partial charge on any atom is -0.257 e. The molecule has 0 bridgehead atoms. The number of aryl methyl sites for hydroxylation is 1. The van der Waals surface area contributed by atoms with Gasteiger partial charge in [0.25, 0.3) is 0 Å². The highest BCUT2D eigenvalue weighted by Crippen LogP contribution is 2.18. The predicted octanol–water partition coefficient (Wildman–Crippen LogP) is 2.91. The van der Waals surface area contributed by atoms with Crippen LogP contribution in [-0.4, -0.2) is 9.97 Å². The zero-order chi connectivity index (χ0) is 9.97. The van der Waals surface area contributed by atoms with Gasteiger partial charge < -0.3 is 0 Å². The van der Waals surface area contributed by atoms with Crippen LogP contribution < -0.4 is 0 Å². The zero-order valence-corrected chi connectivity index (χ0v) is 8.42. The van der Waals surface area contributed by atoms with Crippen molar-refractivity contribution in [1.29, 1.82) is 0 Å². The molecule has 2 aromatic rings. The number of benzene rings is 1. The van der Waals surface area contributed by atoms with Gasteiger partial charge in [0.05, 0.1) is 17.6 Å². The summed E-state index contributed by atoms with van der Waals surface area (Å²) in [5, 5.41) is 0.720. The molecule has 0 N–H and O–H groups in total. The molecule has 0 fully saturated rings. The number of hydrogen-bond donors (Lipinski definition) is 0. The fourth-order valence-electron chi connectivity index (χ4n) is 1.12. The van der Waals surface area contributed by atoms with Crippen molar-refractivity contribution in [1.82, 2.24) is 9.97 Å². The molecular formula is C11H8ClN2. The van der Waals surface area contributed by atoms with Crippen molar-refractivity contribution in [2.24, 2.45) is 0 Å². The second-order valence-corrected chi connectivity index (χ2v) is 3.40. The minimum absolute atomic E-state index is 0.720. The molecule has 0 atom stereocenters. The van der Waals surface area contributed by atoms with Crippen LogP contribution in [0.25, 0.3) is 11.3 Å². The topological polar surface area (TPSA) is 25.8 Å². The van der Waals surface area contributed by atoms with Crippen molar-refractivity contribution in [3.8, 4) is 11.3 Å². The molecule has 1 aromatic heterocycles. The van der Waals surface area contributed by atoms with Gasteiger partial charge in [-0.3, -0.25) is 4.98 Å². The Bertz CT molecular complexity index is 377. The van der Waals surface area contributed by atoms with Crippen LogP contribution in [0, 0.1) is 13.1 Å². The Kier molecular flexibility index (Phi) is 2.46. The molecule has 1 heterocycles. The highest BCUT2D eigenvalue weighted by atomic mass is 35.5. The number of nitrogens with zero attached hydrogens (tertiary/aromatic N) is 2. The van der Waals surface area contributed by atoms with Crippen LogP contribution in [0.5, 0.6) is 0 Å². The third-order valence-electron chi connectivity index (χ3n) is 1.86. The van der Waals surface area contributed by atoms with Gasteiger partial charge in [-0.05, 0) is 19.1 Å². The molecule has 69 valence electrons. The Morgan fingerprint density at radius 3 is 2.50 bits per heavy atom. The first-order valence-corrected chi connectivity index (χ1v) is 4.61. The fraction of sp³-hybridized carbons (Fsp3) is 0.0909. The van der Waals surface area contributed by atoms with Crippen molar-refractivity contribution < 1.29 is 0 Å². The number of hydrogen-bond acceptors (Lipinski definition) is 2. The zero-order valence-electron chi connectivity index (χ0n) is 7.66. The molecule has 14 heavy (non-hydrogen) atoms. The fourth-order valence-corrected chi connectivity index (χ4v) is 1.24. The average Bonchev–Trinajstić information content (AvgIpc) is 2.21. The highest BCUT2D eigenvalue weighted by Gasteiger charge is 1.98. The van der Waals surface area contributed by atoms with Crippen molar-refractivity contribution in [2.75, 3.05) is 0 Å². The van der Waals surface area contributed by atoms with Gasteiger partial charge in [-0.15, -0.1) is 0 Å². The van der Waals surface area contributed by atoms with E-state index in [0.717, 1.165) is 22.0 Å². The molecule has 3 heteroatoms. The van der Waals surface area contributed by atoms with E-state index in [0.29, 0.717) is 0 Å². The molecule has 1 radical (unpaired) electrons. The summed E-state index contributed by atoms with van der Waals surface area (Å²) < 4.78 is 0. The van der Waals surface area contributed by atoms with Gasteiger partial charge in [-0.1, -0.05) is 23.7 Å². The van der Waals surface area contributed by atoms with Gasteiger partial charge in [-0.2, -0.15) is 0 Å². The summed E-state index contributed by atoms with van der Waals surface area (Å²) in [6.07, 6.45) is 4.55. The van der Waals surface area contributed by atoms with E-state index in [4.69, 9.17) is 11.6 Å². The Morgan fingerprint density at radius 2 is 1.93 bits per heavy atom. The Balaban J connectivity index is 2.40. The van der Waals surface area contributed by atoms with E-state index in [9.17, 15) is 0 Å². The molecule has 0 amide bonds. The third-order valence-corrected chi connectivity index (χ3v) is 2.11. The van der Waals surface area contributed by atoms with Crippen molar-refractivity contribution in [3.63, 3.8) is 0 Å².